The van der Waals surface area contributed by atoms with Crippen molar-refractivity contribution in [1.82, 2.24) is 25.8 Å². The number of carbonyl (C=O) groups is 2. The second-order valence-electron chi connectivity index (χ2n) is 12.4. The molecular weight excluding hydrogens is 501 g/mol. The number of piperidine rings is 1. The number of likely N-dealkylation sites (N-methyl/N-ethyl adjacent to an activating group) is 1. The van der Waals surface area contributed by atoms with Crippen LogP contribution in [0, 0.1) is 28.6 Å². The van der Waals surface area contributed by atoms with Gasteiger partial charge in [0.2, 0.25) is 5.91 Å². The van der Waals surface area contributed by atoms with Gasteiger partial charge >= 0.3 is 0 Å². The second-order valence-corrected chi connectivity index (χ2v) is 12.4. The van der Waals surface area contributed by atoms with Crippen molar-refractivity contribution in [2.24, 2.45) is 28.2 Å². The third-order valence-electron chi connectivity index (χ3n) is 9.72. The maximum absolute atomic E-state index is 14.5. The van der Waals surface area contributed by atoms with Crippen LogP contribution in [0.15, 0.2) is 0 Å². The van der Waals surface area contributed by atoms with Crippen LogP contribution in [0.3, 0.4) is 0 Å². The molecule has 3 aliphatic heterocycles. The monoisotopic (exact) mass is 549 g/mol. The van der Waals surface area contributed by atoms with Gasteiger partial charge in [-0.05, 0) is 49.5 Å². The topological polar surface area (TPSA) is 138 Å². The van der Waals surface area contributed by atoms with Crippen LogP contribution in [-0.4, -0.2) is 112 Å². The summed E-state index contributed by atoms with van der Waals surface area (Å²) in [6, 6.07) is -0.388. The number of alkyl halides is 1. The van der Waals surface area contributed by atoms with E-state index in [2.05, 4.69) is 46.5 Å². The summed E-state index contributed by atoms with van der Waals surface area (Å²) in [5, 5.41) is 10.1. The van der Waals surface area contributed by atoms with E-state index in [1.54, 1.807) is 19.0 Å². The number of ether oxygens (including phenoxy) is 1. The minimum Gasteiger partial charge on any atom is -0.366 e. The van der Waals surface area contributed by atoms with E-state index in [0.29, 0.717) is 39.1 Å². The molecule has 11 heteroatoms. The number of morpholine rings is 1. The lowest BCUT2D eigenvalue weighted by atomic mass is 9.78. The van der Waals surface area contributed by atoms with Crippen LogP contribution < -0.4 is 27.4 Å². The Kier molecular flexibility index (Phi) is 9.56. The average Bonchev–Trinajstić information content (AvgIpc) is 3.48. The Morgan fingerprint density at radius 1 is 1.31 bits per heavy atom. The zero-order valence-electron chi connectivity index (χ0n) is 24.0. The van der Waals surface area contributed by atoms with Gasteiger partial charge in [-0.3, -0.25) is 14.5 Å². The van der Waals surface area contributed by atoms with Gasteiger partial charge in [0.05, 0.1) is 31.3 Å². The Balaban J connectivity index is 1.49. The molecule has 4 aliphatic rings. The van der Waals surface area contributed by atoms with E-state index in [1.165, 1.54) is 0 Å². The average molecular weight is 550 g/mol. The molecule has 8 unspecified atom stereocenters. The van der Waals surface area contributed by atoms with E-state index in [9.17, 15) is 14.0 Å². The van der Waals surface area contributed by atoms with E-state index in [0.717, 1.165) is 25.8 Å². The molecule has 10 nitrogen and oxygen atoms in total. The summed E-state index contributed by atoms with van der Waals surface area (Å²) < 4.78 is 20.3. The van der Waals surface area contributed by atoms with Crippen molar-refractivity contribution in [3.63, 3.8) is 0 Å². The molecular formula is C28H48FN7O3. The van der Waals surface area contributed by atoms with Gasteiger partial charge in [0.1, 0.15) is 6.10 Å². The van der Waals surface area contributed by atoms with Gasteiger partial charge < -0.3 is 37.1 Å². The first-order valence-electron chi connectivity index (χ1n) is 14.4. The predicted octanol–water partition coefficient (Wildman–Crippen LogP) is -0.618. The van der Waals surface area contributed by atoms with Gasteiger partial charge in [0.15, 0.2) is 6.17 Å². The highest BCUT2D eigenvalue weighted by Gasteiger charge is 2.64. The van der Waals surface area contributed by atoms with Crippen molar-refractivity contribution >= 4 is 11.8 Å². The minimum atomic E-state index is -1.14. The molecule has 1 aliphatic carbocycles. The van der Waals surface area contributed by atoms with E-state index < -0.39 is 24.4 Å². The maximum atomic E-state index is 14.5. The van der Waals surface area contributed by atoms with Crippen molar-refractivity contribution in [3.8, 4) is 11.8 Å². The van der Waals surface area contributed by atoms with Crippen molar-refractivity contribution in [3.05, 3.63) is 0 Å². The first kappa shape index (κ1) is 30.2. The number of nitrogens with zero attached hydrogens (tertiary/aromatic N) is 2. The number of nitrogens with two attached hydrogens (primary N) is 2. The molecule has 1 saturated carbocycles. The van der Waals surface area contributed by atoms with Crippen LogP contribution in [0.25, 0.3) is 0 Å². The molecule has 0 spiro atoms. The van der Waals surface area contributed by atoms with Gasteiger partial charge in [-0.15, -0.1) is 0 Å². The number of rotatable bonds is 7. The van der Waals surface area contributed by atoms with Crippen LogP contribution >= 0.6 is 0 Å². The summed E-state index contributed by atoms with van der Waals surface area (Å²) in [5.74, 6) is 4.72. The van der Waals surface area contributed by atoms with E-state index in [-0.39, 0.29) is 47.3 Å². The molecule has 39 heavy (non-hydrogen) atoms. The summed E-state index contributed by atoms with van der Waals surface area (Å²) in [4.78, 5) is 30.3. The van der Waals surface area contributed by atoms with Gasteiger partial charge in [-0.1, -0.05) is 25.7 Å². The highest BCUT2D eigenvalue weighted by Crippen LogP contribution is 2.70. The summed E-state index contributed by atoms with van der Waals surface area (Å²) in [7, 11) is 3.46. The molecule has 2 amide bonds. The van der Waals surface area contributed by atoms with Gasteiger partial charge in [-0.25, -0.2) is 4.39 Å². The first-order chi connectivity index (χ1) is 18.5. The Hall–Kier alpha value is -1.81. The van der Waals surface area contributed by atoms with E-state index in [1.807, 2.05) is 0 Å². The largest absolute Gasteiger partial charge is 0.366 e. The molecule has 0 aromatic rings. The third-order valence-corrected chi connectivity index (χ3v) is 9.72. The Morgan fingerprint density at radius 3 is 2.77 bits per heavy atom. The quantitative estimate of drug-likeness (QED) is 0.209. The molecule has 0 aromatic heterocycles. The highest BCUT2D eigenvalue weighted by atomic mass is 19.1. The smallest absolute Gasteiger partial charge is 0.252 e. The van der Waals surface area contributed by atoms with Crippen LogP contribution in [0.1, 0.15) is 46.0 Å². The molecule has 3 heterocycles. The minimum absolute atomic E-state index is 0.0513. The zero-order chi connectivity index (χ0) is 28.4. The third kappa shape index (κ3) is 6.58. The number of amides is 2. The normalized spacial score (nSPS) is 38.1. The highest BCUT2D eigenvalue weighted by molar-refractivity contribution is 5.81. The standard InChI is InChI=1S/C28H48FN7O3/c1-5-28-14-19(33-9-6-7-18(29)13-27(28,2)17-28)23(24(30)31)25(37)34-20-15-32-10-8-21(20)36-11-12-39-22(16-36)26(38)35(3)4/h18-24,32-33H,5,8-17,30-31H2,1-4H3,(H,34,37). The lowest BCUT2D eigenvalue weighted by Gasteiger charge is -2.44. The lowest BCUT2D eigenvalue weighted by Crippen LogP contribution is -2.65. The summed E-state index contributed by atoms with van der Waals surface area (Å²) in [6.45, 7) is 7.65. The molecule has 0 radical (unpaired) electrons. The summed E-state index contributed by atoms with van der Waals surface area (Å²) >= 11 is 0. The number of carbonyl (C=O) groups excluding carboxylic acids is 2. The van der Waals surface area contributed by atoms with Crippen LogP contribution in [0.2, 0.25) is 0 Å². The molecule has 220 valence electrons. The van der Waals surface area contributed by atoms with Crippen molar-refractivity contribution in [2.45, 2.75) is 82.5 Å². The number of fused-ring (bicyclic) bond motifs is 1. The maximum Gasteiger partial charge on any atom is 0.252 e. The summed E-state index contributed by atoms with van der Waals surface area (Å²) in [6.07, 6.45) is 1.23. The van der Waals surface area contributed by atoms with Crippen LogP contribution in [-0.2, 0) is 14.3 Å². The number of halogens is 1. The summed E-state index contributed by atoms with van der Waals surface area (Å²) in [5.41, 5.74) is 12.3. The van der Waals surface area contributed by atoms with E-state index >= 15 is 0 Å². The second kappa shape index (κ2) is 12.4. The number of hydrogen-bond acceptors (Lipinski definition) is 8. The first-order valence-corrected chi connectivity index (χ1v) is 14.4. The van der Waals surface area contributed by atoms with Gasteiger partial charge in [0.25, 0.3) is 5.91 Å². The van der Waals surface area contributed by atoms with Gasteiger partial charge in [0, 0.05) is 45.8 Å². The Bertz CT molecular complexity index is 955. The molecule has 4 rings (SSSR count). The molecule has 2 saturated heterocycles. The van der Waals surface area contributed by atoms with Crippen molar-refractivity contribution in [1.29, 1.82) is 0 Å². The fraction of sp³-hybridized carbons (Fsp3) is 0.857. The number of hydrogen-bond donors (Lipinski definition) is 5. The Morgan fingerprint density at radius 2 is 2.08 bits per heavy atom. The van der Waals surface area contributed by atoms with Crippen molar-refractivity contribution < 1.29 is 18.7 Å². The molecule has 8 atom stereocenters. The fourth-order valence-electron chi connectivity index (χ4n) is 7.29. The molecule has 7 N–H and O–H groups in total. The van der Waals surface area contributed by atoms with Gasteiger partial charge in [-0.2, -0.15) is 0 Å². The van der Waals surface area contributed by atoms with Crippen LogP contribution in [0.4, 0.5) is 4.39 Å². The molecule has 0 aromatic carbocycles. The zero-order valence-corrected chi connectivity index (χ0v) is 24.0. The van der Waals surface area contributed by atoms with Crippen LogP contribution in [0.5, 0.6) is 0 Å². The lowest BCUT2D eigenvalue weighted by molar-refractivity contribution is -0.149. The SMILES string of the molecule is CCC12CC(C(C(=O)NC3CNCCC3N3CCOC(C(=O)N(C)C)C3)C(N)N)NCC#CC(F)CC1(C)C2. The fourth-order valence-corrected chi connectivity index (χ4v) is 7.29. The Labute approximate surface area is 232 Å². The number of nitrogens with one attached hydrogen (secondary N) is 3. The predicted molar refractivity (Wildman–Crippen MR) is 148 cm³/mol. The van der Waals surface area contributed by atoms with Crippen molar-refractivity contribution in [2.75, 3.05) is 53.4 Å². The molecule has 3 fully saturated rings. The molecule has 0 bridgehead atoms. The van der Waals surface area contributed by atoms with E-state index in [4.69, 9.17) is 16.2 Å².